The molecule has 0 unspecified atom stereocenters. The molecule has 94 valence electrons. The molecule has 0 spiro atoms. The fourth-order valence-electron chi connectivity index (χ4n) is 2.09. The van der Waals surface area contributed by atoms with Crippen molar-refractivity contribution in [3.63, 3.8) is 0 Å². The fraction of sp³-hybridized carbons (Fsp3) is 0.538. The Balaban J connectivity index is 1.91. The van der Waals surface area contributed by atoms with Crippen LogP contribution >= 0.6 is 15.9 Å². The summed E-state index contributed by atoms with van der Waals surface area (Å²) in [6.45, 7) is 5.30. The molecule has 1 aromatic rings. The quantitative estimate of drug-likeness (QED) is 0.929. The van der Waals surface area contributed by atoms with Crippen LogP contribution in [0.1, 0.15) is 18.6 Å². The van der Waals surface area contributed by atoms with Gasteiger partial charge in [0.2, 0.25) is 0 Å². The van der Waals surface area contributed by atoms with Crippen molar-refractivity contribution < 1.29 is 9.84 Å². The number of aliphatic hydroxyl groups is 1. The number of rotatable bonds is 3. The Morgan fingerprint density at radius 2 is 2.18 bits per heavy atom. The predicted octanol–water partition coefficient (Wildman–Crippen LogP) is 2.20. The van der Waals surface area contributed by atoms with E-state index < -0.39 is 6.10 Å². The van der Waals surface area contributed by atoms with Crippen LogP contribution in [0.4, 0.5) is 0 Å². The normalized spacial score (nSPS) is 23.6. The van der Waals surface area contributed by atoms with Gasteiger partial charge in [-0.2, -0.15) is 0 Å². The first-order valence-electron chi connectivity index (χ1n) is 5.92. The molecular formula is C13H18BrNO2. The molecular weight excluding hydrogens is 282 g/mol. The average Bonchev–Trinajstić information content (AvgIpc) is 2.29. The molecule has 1 N–H and O–H groups in total. The molecule has 1 fully saturated rings. The van der Waals surface area contributed by atoms with E-state index in [1.54, 1.807) is 0 Å². The summed E-state index contributed by atoms with van der Waals surface area (Å²) >= 11 is 3.39. The molecule has 0 aromatic heterocycles. The van der Waals surface area contributed by atoms with E-state index in [4.69, 9.17) is 4.74 Å². The van der Waals surface area contributed by atoms with Crippen molar-refractivity contribution in [1.29, 1.82) is 0 Å². The van der Waals surface area contributed by atoms with Crippen molar-refractivity contribution in [2.24, 2.45) is 0 Å². The highest BCUT2D eigenvalue weighted by Gasteiger charge is 2.19. The largest absolute Gasteiger partial charge is 0.387 e. The summed E-state index contributed by atoms with van der Waals surface area (Å²) in [6.07, 6.45) is -0.158. The van der Waals surface area contributed by atoms with Gasteiger partial charge in [-0.25, -0.2) is 0 Å². The Labute approximate surface area is 111 Å². The van der Waals surface area contributed by atoms with Crippen LogP contribution in [0.3, 0.4) is 0 Å². The summed E-state index contributed by atoms with van der Waals surface area (Å²) in [5.41, 5.74) is 0.965. The van der Waals surface area contributed by atoms with E-state index in [2.05, 4.69) is 27.8 Å². The Morgan fingerprint density at radius 1 is 1.47 bits per heavy atom. The molecule has 1 heterocycles. The highest BCUT2D eigenvalue weighted by Crippen LogP contribution is 2.18. The van der Waals surface area contributed by atoms with E-state index in [-0.39, 0.29) is 6.10 Å². The van der Waals surface area contributed by atoms with Crippen molar-refractivity contribution in [3.8, 4) is 0 Å². The third-order valence-electron chi connectivity index (χ3n) is 3.01. The van der Waals surface area contributed by atoms with E-state index in [0.717, 1.165) is 29.7 Å². The van der Waals surface area contributed by atoms with Gasteiger partial charge in [-0.1, -0.05) is 28.1 Å². The van der Waals surface area contributed by atoms with Crippen LogP contribution < -0.4 is 0 Å². The lowest BCUT2D eigenvalue weighted by Gasteiger charge is -2.32. The van der Waals surface area contributed by atoms with Gasteiger partial charge in [0.05, 0.1) is 18.8 Å². The van der Waals surface area contributed by atoms with Crippen LogP contribution in [-0.2, 0) is 4.74 Å². The Hall–Kier alpha value is -0.420. The summed E-state index contributed by atoms with van der Waals surface area (Å²) in [5, 5.41) is 10.2. The second-order valence-corrected chi connectivity index (χ2v) is 5.42. The molecule has 2 rings (SSSR count). The van der Waals surface area contributed by atoms with Gasteiger partial charge in [-0.05, 0) is 24.6 Å². The van der Waals surface area contributed by atoms with Gasteiger partial charge in [0.15, 0.2) is 0 Å². The molecule has 1 aliphatic heterocycles. The van der Waals surface area contributed by atoms with Gasteiger partial charge in [-0.15, -0.1) is 0 Å². The van der Waals surface area contributed by atoms with Crippen LogP contribution in [0.15, 0.2) is 28.7 Å². The van der Waals surface area contributed by atoms with Crippen molar-refractivity contribution in [3.05, 3.63) is 34.3 Å². The van der Waals surface area contributed by atoms with Gasteiger partial charge >= 0.3 is 0 Å². The van der Waals surface area contributed by atoms with Gasteiger partial charge in [-0.3, -0.25) is 4.90 Å². The first kappa shape index (κ1) is 13.0. The van der Waals surface area contributed by atoms with Gasteiger partial charge in [0, 0.05) is 24.1 Å². The minimum absolute atomic E-state index is 0.265. The minimum Gasteiger partial charge on any atom is -0.387 e. The smallest absolute Gasteiger partial charge is 0.0916 e. The Kier molecular flexibility index (Phi) is 4.56. The molecule has 0 radical (unpaired) electrons. The van der Waals surface area contributed by atoms with Crippen molar-refractivity contribution in [1.82, 2.24) is 4.90 Å². The standard InChI is InChI=1S/C13H18BrNO2/c1-10-8-15(6-7-17-10)9-13(16)11-2-4-12(14)5-3-11/h2-5,10,13,16H,6-9H2,1H3/t10-,13-/m0/s1. The summed E-state index contributed by atoms with van der Waals surface area (Å²) < 4.78 is 6.52. The maximum atomic E-state index is 10.2. The van der Waals surface area contributed by atoms with E-state index in [1.165, 1.54) is 0 Å². The van der Waals surface area contributed by atoms with Crippen LogP contribution in [0.25, 0.3) is 0 Å². The molecule has 2 atom stereocenters. The predicted molar refractivity (Wildman–Crippen MR) is 71.0 cm³/mol. The molecule has 0 aliphatic carbocycles. The van der Waals surface area contributed by atoms with Gasteiger partial charge in [0.1, 0.15) is 0 Å². The molecule has 0 saturated carbocycles. The van der Waals surface area contributed by atoms with Crippen LogP contribution in [0.5, 0.6) is 0 Å². The monoisotopic (exact) mass is 299 g/mol. The van der Waals surface area contributed by atoms with E-state index >= 15 is 0 Å². The fourth-order valence-corrected chi connectivity index (χ4v) is 2.36. The third-order valence-corrected chi connectivity index (χ3v) is 3.54. The van der Waals surface area contributed by atoms with Crippen molar-refractivity contribution in [2.45, 2.75) is 19.1 Å². The molecule has 1 aromatic carbocycles. The molecule has 17 heavy (non-hydrogen) atoms. The highest BCUT2D eigenvalue weighted by molar-refractivity contribution is 9.10. The summed E-state index contributed by atoms with van der Waals surface area (Å²) in [6, 6.07) is 7.83. The number of hydrogen-bond donors (Lipinski definition) is 1. The van der Waals surface area contributed by atoms with E-state index in [0.29, 0.717) is 6.54 Å². The SMILES string of the molecule is C[C@H]1CN(C[C@H](O)c2ccc(Br)cc2)CCO1. The summed E-state index contributed by atoms with van der Waals surface area (Å²) in [7, 11) is 0. The minimum atomic E-state index is -0.423. The zero-order valence-corrected chi connectivity index (χ0v) is 11.6. The molecule has 3 nitrogen and oxygen atoms in total. The number of benzene rings is 1. The van der Waals surface area contributed by atoms with Crippen molar-refractivity contribution >= 4 is 15.9 Å². The third kappa shape index (κ3) is 3.78. The first-order chi connectivity index (χ1) is 8.15. The number of β-amino-alcohol motifs (C(OH)–C–C–N with tert-alkyl or cyclic N) is 1. The number of morpholine rings is 1. The number of nitrogens with zero attached hydrogens (tertiary/aromatic N) is 1. The molecule has 0 amide bonds. The first-order valence-corrected chi connectivity index (χ1v) is 6.72. The maximum Gasteiger partial charge on any atom is 0.0916 e. The topological polar surface area (TPSA) is 32.7 Å². The lowest BCUT2D eigenvalue weighted by atomic mass is 10.1. The van der Waals surface area contributed by atoms with Crippen LogP contribution in [-0.4, -0.2) is 42.4 Å². The maximum absolute atomic E-state index is 10.2. The average molecular weight is 300 g/mol. The Bertz CT molecular complexity index is 355. The molecule has 0 bridgehead atoms. The zero-order chi connectivity index (χ0) is 12.3. The molecule has 1 aliphatic rings. The van der Waals surface area contributed by atoms with Gasteiger partial charge in [0.25, 0.3) is 0 Å². The Morgan fingerprint density at radius 3 is 2.82 bits per heavy atom. The molecule has 1 saturated heterocycles. The van der Waals surface area contributed by atoms with Crippen LogP contribution in [0.2, 0.25) is 0 Å². The lowest BCUT2D eigenvalue weighted by Crippen LogP contribution is -2.42. The van der Waals surface area contributed by atoms with E-state index in [9.17, 15) is 5.11 Å². The van der Waals surface area contributed by atoms with Crippen molar-refractivity contribution in [2.75, 3.05) is 26.2 Å². The summed E-state index contributed by atoms with van der Waals surface area (Å²) in [5.74, 6) is 0. The highest BCUT2D eigenvalue weighted by atomic mass is 79.9. The second-order valence-electron chi connectivity index (χ2n) is 4.51. The zero-order valence-electron chi connectivity index (χ0n) is 9.97. The van der Waals surface area contributed by atoms with Crippen LogP contribution in [0, 0.1) is 0 Å². The number of hydrogen-bond acceptors (Lipinski definition) is 3. The lowest BCUT2D eigenvalue weighted by molar-refractivity contribution is -0.0319. The number of aliphatic hydroxyl groups excluding tert-OH is 1. The van der Waals surface area contributed by atoms with Gasteiger partial charge < -0.3 is 9.84 Å². The molecule has 4 heteroatoms. The number of ether oxygens (including phenoxy) is 1. The van der Waals surface area contributed by atoms with E-state index in [1.807, 2.05) is 24.3 Å². The summed E-state index contributed by atoms with van der Waals surface area (Å²) in [4.78, 5) is 2.25. The number of halogens is 1. The second kappa shape index (κ2) is 5.96.